The maximum atomic E-state index is 13.1. The molecule has 12 nitrogen and oxygen atoms in total. The maximum Gasteiger partial charge on any atom is 0.407 e. The Bertz CT molecular complexity index is 990. The predicted molar refractivity (Wildman–Crippen MR) is 166 cm³/mol. The lowest BCUT2D eigenvalue weighted by molar-refractivity contribution is -0.119. The van der Waals surface area contributed by atoms with Crippen molar-refractivity contribution in [3.05, 3.63) is 11.6 Å². The second kappa shape index (κ2) is 16.8. The largest absolute Gasteiger partial charge is 0.447 e. The van der Waals surface area contributed by atoms with E-state index in [-0.39, 0.29) is 48.7 Å². The zero-order valence-corrected chi connectivity index (χ0v) is 27.4. The van der Waals surface area contributed by atoms with Gasteiger partial charge in [-0.3, -0.25) is 4.79 Å². The smallest absolute Gasteiger partial charge is 0.407 e. The molecular formula is C31H53BN4O8. The van der Waals surface area contributed by atoms with Gasteiger partial charge in [0.1, 0.15) is 30.0 Å². The summed E-state index contributed by atoms with van der Waals surface area (Å²) < 4.78 is 29.6. The van der Waals surface area contributed by atoms with Crippen molar-refractivity contribution in [2.45, 2.75) is 115 Å². The van der Waals surface area contributed by atoms with Gasteiger partial charge in [-0.25, -0.2) is 9.59 Å². The second-order valence-corrected chi connectivity index (χ2v) is 13.0. The van der Waals surface area contributed by atoms with Gasteiger partial charge in [-0.15, -0.1) is 0 Å². The van der Waals surface area contributed by atoms with Crippen molar-refractivity contribution in [1.29, 1.82) is 0 Å². The van der Waals surface area contributed by atoms with E-state index < -0.39 is 29.9 Å². The lowest BCUT2D eigenvalue weighted by Gasteiger charge is -2.42. The maximum absolute atomic E-state index is 13.1. The van der Waals surface area contributed by atoms with Crippen LogP contribution in [-0.2, 0) is 28.5 Å². The van der Waals surface area contributed by atoms with Crippen LogP contribution in [0.1, 0.15) is 79.6 Å². The van der Waals surface area contributed by atoms with Crippen LogP contribution in [0.15, 0.2) is 11.6 Å². The number of nitrogens with one attached hydrogen (secondary N) is 4. The molecule has 2 heterocycles. The Morgan fingerprint density at radius 1 is 1.07 bits per heavy atom. The summed E-state index contributed by atoms with van der Waals surface area (Å²) in [7, 11) is 6.76. The fourth-order valence-corrected chi connectivity index (χ4v) is 6.19. The highest BCUT2D eigenvalue weighted by Crippen LogP contribution is 2.59. The van der Waals surface area contributed by atoms with E-state index in [1.165, 1.54) is 5.57 Å². The molecular weight excluding hydrogens is 567 g/mol. The summed E-state index contributed by atoms with van der Waals surface area (Å²) in [5.74, 6) is -0.189. The molecule has 1 spiro atoms. The summed E-state index contributed by atoms with van der Waals surface area (Å²) in [4.78, 5) is 36.7. The normalized spacial score (nSPS) is 29.4. The first-order valence-electron chi connectivity index (χ1n) is 16.0. The zero-order chi connectivity index (χ0) is 32.3. The molecule has 4 N–H and O–H groups in total. The standard InChI is InChI=1S/C31H53BN4O8/c1-20(2)11-12-24-30(5,44-24)27-26(40-6)23(13-14-31(27)19-42-31)43-29(39)36-22(21(3)4)18-41-28(38)34-16-10-8-7-9-15-33-25(37)17-35-32/h11,21-24,26-27,35H,7-10,12-19H2,1-6H3,(H,33,37)(H,34,38)(H,36,39)/t22-,23?,24+,26?,27?,30?,31-/m0/s1. The number of amides is 3. The first kappa shape index (κ1) is 36.1. The van der Waals surface area contributed by atoms with Crippen LogP contribution in [0.2, 0.25) is 0 Å². The van der Waals surface area contributed by atoms with Crippen molar-refractivity contribution < 1.29 is 38.1 Å². The molecule has 1 saturated carbocycles. The summed E-state index contributed by atoms with van der Waals surface area (Å²) >= 11 is 0. The van der Waals surface area contributed by atoms with Crippen LogP contribution in [-0.4, -0.2) is 102 Å². The van der Waals surface area contributed by atoms with Crippen molar-refractivity contribution in [3.63, 3.8) is 0 Å². The third-order valence-electron chi connectivity index (χ3n) is 8.96. The summed E-state index contributed by atoms with van der Waals surface area (Å²) in [5, 5.41) is 10.7. The first-order chi connectivity index (χ1) is 21.0. The number of hydrogen-bond donors (Lipinski definition) is 4. The summed E-state index contributed by atoms with van der Waals surface area (Å²) in [6.07, 6.45) is 6.04. The molecule has 0 bridgehead atoms. The number of epoxide rings is 2. The van der Waals surface area contributed by atoms with E-state index >= 15 is 0 Å². The fourth-order valence-electron chi connectivity index (χ4n) is 6.19. The Balaban J connectivity index is 1.40. The van der Waals surface area contributed by atoms with Crippen LogP contribution in [0.25, 0.3) is 0 Å². The van der Waals surface area contributed by atoms with E-state index in [9.17, 15) is 14.4 Å². The second-order valence-electron chi connectivity index (χ2n) is 13.0. The number of hydrogen-bond acceptors (Lipinski definition) is 9. The van der Waals surface area contributed by atoms with Gasteiger partial charge in [0.2, 0.25) is 5.91 Å². The minimum absolute atomic E-state index is 0.00606. The van der Waals surface area contributed by atoms with E-state index in [0.717, 1.165) is 38.5 Å². The highest BCUT2D eigenvalue weighted by atomic mass is 16.6. The molecule has 7 atom stereocenters. The fraction of sp³-hybridized carbons (Fsp3) is 0.839. The van der Waals surface area contributed by atoms with Crippen LogP contribution < -0.4 is 21.2 Å². The molecule has 2 aliphatic heterocycles. The lowest BCUT2D eigenvalue weighted by atomic mass is 9.68. The summed E-state index contributed by atoms with van der Waals surface area (Å²) in [5.41, 5.74) is 0.537. The summed E-state index contributed by atoms with van der Waals surface area (Å²) in [6.45, 7) is 12.0. The molecule has 0 aromatic rings. The minimum Gasteiger partial charge on any atom is -0.447 e. The van der Waals surface area contributed by atoms with Gasteiger partial charge in [0.25, 0.3) is 0 Å². The molecule has 248 valence electrons. The topological polar surface area (TPSA) is 152 Å². The Hall–Kier alpha value is -2.35. The number of methoxy groups -OCH3 is 1. The Kier molecular flexibility index (Phi) is 13.8. The van der Waals surface area contributed by atoms with Crippen LogP contribution in [0.5, 0.6) is 0 Å². The van der Waals surface area contributed by atoms with E-state index in [0.29, 0.717) is 26.1 Å². The number of allylic oxidation sites excluding steroid dienone is 1. The van der Waals surface area contributed by atoms with Crippen molar-refractivity contribution in [3.8, 4) is 0 Å². The van der Waals surface area contributed by atoms with Gasteiger partial charge < -0.3 is 44.9 Å². The molecule has 3 fully saturated rings. The predicted octanol–water partition coefficient (Wildman–Crippen LogP) is 2.89. The molecule has 2 radical (unpaired) electrons. The average molecular weight is 621 g/mol. The number of ether oxygens (including phenoxy) is 5. The van der Waals surface area contributed by atoms with Crippen LogP contribution in [0, 0.1) is 11.8 Å². The van der Waals surface area contributed by atoms with Crippen molar-refractivity contribution in [1.82, 2.24) is 21.2 Å². The summed E-state index contributed by atoms with van der Waals surface area (Å²) in [6, 6.07) is -0.422. The van der Waals surface area contributed by atoms with Gasteiger partial charge in [-0.1, -0.05) is 38.3 Å². The third kappa shape index (κ3) is 10.4. The molecule has 3 rings (SSSR count). The van der Waals surface area contributed by atoms with Gasteiger partial charge in [0, 0.05) is 20.2 Å². The van der Waals surface area contributed by atoms with Crippen LogP contribution in [0.4, 0.5) is 9.59 Å². The van der Waals surface area contributed by atoms with Crippen molar-refractivity contribution in [2.24, 2.45) is 11.8 Å². The zero-order valence-electron chi connectivity index (χ0n) is 27.4. The van der Waals surface area contributed by atoms with Gasteiger partial charge >= 0.3 is 12.2 Å². The Morgan fingerprint density at radius 2 is 1.75 bits per heavy atom. The van der Waals surface area contributed by atoms with Crippen LogP contribution in [0.3, 0.4) is 0 Å². The highest BCUT2D eigenvalue weighted by molar-refractivity contribution is 6.06. The number of rotatable bonds is 18. The molecule has 3 amide bonds. The number of carbonyl (C=O) groups is 3. The van der Waals surface area contributed by atoms with Crippen LogP contribution >= 0.6 is 0 Å². The third-order valence-corrected chi connectivity index (χ3v) is 8.96. The Morgan fingerprint density at radius 3 is 2.34 bits per heavy atom. The Labute approximate surface area is 263 Å². The molecule has 1 aliphatic carbocycles. The van der Waals surface area contributed by atoms with E-state index in [1.807, 2.05) is 13.8 Å². The quantitative estimate of drug-likeness (QED) is 0.0785. The van der Waals surface area contributed by atoms with E-state index in [4.69, 9.17) is 31.7 Å². The number of alkyl carbamates (subject to hydrolysis) is 2. The average Bonchev–Trinajstić information content (AvgIpc) is 3.88. The van der Waals surface area contributed by atoms with Crippen molar-refractivity contribution in [2.75, 3.05) is 40.0 Å². The van der Waals surface area contributed by atoms with Gasteiger partial charge in [0.15, 0.2) is 7.98 Å². The van der Waals surface area contributed by atoms with E-state index in [2.05, 4.69) is 48.0 Å². The molecule has 13 heteroatoms. The SMILES string of the molecule is [B]NCC(=O)NCCCCCCNC(=O)OC[C@H](NC(=O)OC1CC[C@]2(CO2)C(C2(C)O[C@@H]2CC=C(C)C)C1OC)C(C)C. The highest BCUT2D eigenvalue weighted by Gasteiger charge is 2.72. The molecule has 3 aliphatic rings. The van der Waals surface area contributed by atoms with Gasteiger partial charge in [-0.05, 0) is 58.8 Å². The number of unbranched alkanes of at least 4 members (excludes halogenated alkanes) is 3. The molecule has 4 unspecified atom stereocenters. The van der Waals surface area contributed by atoms with Gasteiger partial charge in [0.05, 0.1) is 31.2 Å². The van der Waals surface area contributed by atoms with Gasteiger partial charge in [-0.2, -0.15) is 0 Å². The first-order valence-corrected chi connectivity index (χ1v) is 16.0. The number of carbonyl (C=O) groups excluding carboxylic acids is 3. The van der Waals surface area contributed by atoms with Crippen molar-refractivity contribution >= 4 is 26.1 Å². The molecule has 44 heavy (non-hydrogen) atoms. The molecule has 2 saturated heterocycles. The molecule has 0 aromatic carbocycles. The lowest BCUT2D eigenvalue weighted by Crippen LogP contribution is -2.56. The van der Waals surface area contributed by atoms with E-state index in [1.54, 1.807) is 7.11 Å². The monoisotopic (exact) mass is 620 g/mol. The minimum atomic E-state index is -0.565. The molecule has 0 aromatic heterocycles.